The van der Waals surface area contributed by atoms with Crippen molar-refractivity contribution in [1.82, 2.24) is 10.2 Å². The Balaban J connectivity index is 0.000000203. The molecule has 102 valence electrons. The van der Waals surface area contributed by atoms with Gasteiger partial charge in [-0.05, 0) is 33.6 Å². The van der Waals surface area contributed by atoms with Gasteiger partial charge in [-0.3, -0.25) is 9.69 Å². The van der Waals surface area contributed by atoms with Crippen LogP contribution in [0, 0.1) is 0 Å². The highest BCUT2D eigenvalue weighted by atomic mass is 16.5. The van der Waals surface area contributed by atoms with E-state index in [0.29, 0.717) is 6.47 Å². The fourth-order valence-electron chi connectivity index (χ4n) is 1.65. The molecule has 0 aromatic rings. The Morgan fingerprint density at radius 2 is 2.11 bits per heavy atom. The molecule has 0 amide bonds. The highest BCUT2D eigenvalue weighted by Gasteiger charge is 2.30. The summed E-state index contributed by atoms with van der Waals surface area (Å²) in [6.07, 6.45) is 2.62. The van der Waals surface area contributed by atoms with Crippen molar-refractivity contribution in [1.29, 1.82) is 0 Å². The van der Waals surface area contributed by atoms with Gasteiger partial charge in [0.15, 0.2) is 0 Å². The lowest BCUT2D eigenvalue weighted by atomic mass is 10.2. The Labute approximate surface area is 108 Å². The van der Waals surface area contributed by atoms with E-state index in [4.69, 9.17) is 0 Å². The molecule has 1 saturated carbocycles. The van der Waals surface area contributed by atoms with Gasteiger partial charge in [0.2, 0.25) is 0 Å². The van der Waals surface area contributed by atoms with Gasteiger partial charge in [-0.1, -0.05) is 0 Å². The van der Waals surface area contributed by atoms with Crippen molar-refractivity contribution in [2.24, 2.45) is 0 Å². The zero-order chi connectivity index (χ0) is 13.6. The molecular weight excluding hydrogens is 232 g/mol. The molecule has 0 radical (unpaired) electrons. The third-order valence-electron chi connectivity index (χ3n) is 2.69. The monoisotopic (exact) mass is 254 g/mol. The number of nitrogens with zero attached hydrogens (tertiary/aromatic N) is 1. The summed E-state index contributed by atoms with van der Waals surface area (Å²) in [5, 5.41) is 3.03. The highest BCUT2D eigenvalue weighted by Crippen LogP contribution is 2.27. The second-order valence-corrected chi connectivity index (χ2v) is 5.54. The predicted molar refractivity (Wildman–Crippen MR) is 68.7 cm³/mol. The largest absolute Gasteiger partial charge is 0.462 e. The number of ether oxygens (including phenoxy) is 1. The van der Waals surface area contributed by atoms with Crippen molar-refractivity contribution < 1.29 is 14.3 Å². The molecular formula is C13H22N2O3. The molecule has 0 bridgehead atoms. The van der Waals surface area contributed by atoms with E-state index >= 15 is 0 Å². The van der Waals surface area contributed by atoms with Crippen LogP contribution in [-0.2, 0) is 14.3 Å². The summed E-state index contributed by atoms with van der Waals surface area (Å²) in [6.45, 7) is 8.69. The second-order valence-electron chi connectivity index (χ2n) is 5.54. The van der Waals surface area contributed by atoms with Crippen LogP contribution in [0.25, 0.3) is 0 Å². The van der Waals surface area contributed by atoms with Crippen molar-refractivity contribution in [3.05, 3.63) is 5.70 Å². The van der Waals surface area contributed by atoms with E-state index in [1.54, 1.807) is 0 Å². The molecule has 0 aromatic carbocycles. The minimum absolute atomic E-state index is 0.318. The van der Waals surface area contributed by atoms with Gasteiger partial charge in [0.05, 0.1) is 0 Å². The Bertz CT molecular complexity index is 326. The number of carbonyl (C=O) groups excluding carboxylic acids is 2. The summed E-state index contributed by atoms with van der Waals surface area (Å²) in [5.74, 6) is 1.93. The Hall–Kier alpha value is -1.32. The average molecular weight is 254 g/mol. The molecule has 18 heavy (non-hydrogen) atoms. The molecule has 1 aliphatic heterocycles. The molecule has 2 fully saturated rings. The van der Waals surface area contributed by atoms with E-state index < -0.39 is 0 Å². The van der Waals surface area contributed by atoms with E-state index in [9.17, 15) is 9.59 Å². The van der Waals surface area contributed by atoms with Crippen LogP contribution in [0.5, 0.6) is 0 Å². The maximum Gasteiger partial charge on any atom is 0.293 e. The average Bonchev–Trinajstić information content (AvgIpc) is 3.12. The maximum atomic E-state index is 10.3. The number of nitrogens with one attached hydrogen (secondary N) is 1. The molecule has 0 aromatic heterocycles. The smallest absolute Gasteiger partial charge is 0.293 e. The lowest BCUT2D eigenvalue weighted by Gasteiger charge is -2.27. The Morgan fingerprint density at radius 1 is 1.44 bits per heavy atom. The van der Waals surface area contributed by atoms with Gasteiger partial charge in [-0.2, -0.15) is 0 Å². The minimum atomic E-state index is -0.318. The first-order valence-electron chi connectivity index (χ1n) is 6.29. The van der Waals surface area contributed by atoms with Gasteiger partial charge in [0.25, 0.3) is 6.47 Å². The van der Waals surface area contributed by atoms with Gasteiger partial charge in [0, 0.05) is 25.7 Å². The van der Waals surface area contributed by atoms with Gasteiger partial charge < -0.3 is 10.1 Å². The second kappa shape index (κ2) is 6.57. The number of hydrogen-bond donors (Lipinski definition) is 1. The molecule has 1 N–H and O–H groups in total. The van der Waals surface area contributed by atoms with Crippen LogP contribution in [0.3, 0.4) is 0 Å². The van der Waals surface area contributed by atoms with Crippen LogP contribution in [0.15, 0.2) is 5.70 Å². The molecule has 1 heterocycles. The highest BCUT2D eigenvalue weighted by molar-refractivity contribution is 5.52. The minimum Gasteiger partial charge on any atom is -0.462 e. The first-order valence-corrected chi connectivity index (χ1v) is 6.29. The van der Waals surface area contributed by atoms with Gasteiger partial charge in [-0.15, -0.1) is 0 Å². The molecule has 1 aliphatic carbocycles. The summed E-state index contributed by atoms with van der Waals surface area (Å²) in [7, 11) is 0. The molecule has 2 rings (SSSR count). The van der Waals surface area contributed by atoms with Crippen LogP contribution in [0.1, 0.15) is 33.6 Å². The lowest BCUT2D eigenvalue weighted by molar-refractivity contribution is -0.138. The fraction of sp³-hybridized carbons (Fsp3) is 0.769. The Morgan fingerprint density at radius 3 is 2.50 bits per heavy atom. The number of hydrogen-bond acceptors (Lipinski definition) is 5. The molecule has 0 unspecified atom stereocenters. The summed E-state index contributed by atoms with van der Waals surface area (Å²) >= 11 is 0. The van der Waals surface area contributed by atoms with Crippen LogP contribution in [-0.4, -0.2) is 48.6 Å². The third-order valence-corrected chi connectivity index (χ3v) is 2.69. The summed E-state index contributed by atoms with van der Waals surface area (Å²) in [4.78, 5) is 22.3. The maximum absolute atomic E-state index is 10.3. The van der Waals surface area contributed by atoms with Crippen molar-refractivity contribution >= 4 is 12.4 Å². The third kappa shape index (κ3) is 5.84. The molecule has 0 spiro atoms. The van der Waals surface area contributed by atoms with Gasteiger partial charge in [-0.25, -0.2) is 4.79 Å². The molecule has 1 saturated heterocycles. The zero-order valence-corrected chi connectivity index (χ0v) is 11.4. The van der Waals surface area contributed by atoms with Crippen molar-refractivity contribution in [3.8, 4) is 0 Å². The Kier molecular flexibility index (Phi) is 5.38. The predicted octanol–water partition coefficient (Wildman–Crippen LogP) is 0.727. The fourth-order valence-corrected chi connectivity index (χ4v) is 1.65. The van der Waals surface area contributed by atoms with E-state index in [0.717, 1.165) is 31.4 Å². The molecule has 5 heteroatoms. The van der Waals surface area contributed by atoms with E-state index in [-0.39, 0.29) is 5.60 Å². The zero-order valence-electron chi connectivity index (χ0n) is 11.4. The van der Waals surface area contributed by atoms with Crippen molar-refractivity contribution in [2.75, 3.05) is 19.6 Å². The first kappa shape index (κ1) is 14.7. The van der Waals surface area contributed by atoms with Crippen LogP contribution in [0.4, 0.5) is 0 Å². The summed E-state index contributed by atoms with van der Waals surface area (Å²) < 4.78 is 4.55. The SMILES string of the molecule is CC(C)(C)OC=O.O=C=C1CN(C2CC2)CCN1. The summed E-state index contributed by atoms with van der Waals surface area (Å²) in [5.41, 5.74) is 0.407. The summed E-state index contributed by atoms with van der Waals surface area (Å²) in [6, 6.07) is 0.764. The standard InChI is InChI=1S/C8H12N2O.C5H10O2/c11-6-7-5-10(4-3-9-7)8-1-2-8;1-5(2,3)7-4-6/h8-9H,1-5H2;4H,1-3H3. The molecule has 5 nitrogen and oxygen atoms in total. The molecule has 0 atom stereocenters. The van der Waals surface area contributed by atoms with Crippen molar-refractivity contribution in [3.63, 3.8) is 0 Å². The van der Waals surface area contributed by atoms with Crippen molar-refractivity contribution in [2.45, 2.75) is 45.3 Å². The quantitative estimate of drug-likeness (QED) is 0.581. The normalized spacial score (nSPS) is 20.1. The van der Waals surface area contributed by atoms with Crippen LogP contribution >= 0.6 is 0 Å². The van der Waals surface area contributed by atoms with Gasteiger partial charge in [0.1, 0.15) is 17.2 Å². The molecule has 2 aliphatic rings. The van der Waals surface area contributed by atoms with E-state index in [2.05, 4.69) is 15.0 Å². The topological polar surface area (TPSA) is 58.6 Å². The lowest BCUT2D eigenvalue weighted by Crippen LogP contribution is -2.43. The van der Waals surface area contributed by atoms with E-state index in [1.165, 1.54) is 12.8 Å². The number of piperazine rings is 1. The number of rotatable bonds is 2. The van der Waals surface area contributed by atoms with E-state index in [1.807, 2.05) is 26.7 Å². The van der Waals surface area contributed by atoms with Crippen LogP contribution < -0.4 is 5.32 Å². The first-order chi connectivity index (χ1) is 8.46. The van der Waals surface area contributed by atoms with Crippen LogP contribution in [0.2, 0.25) is 0 Å². The number of carbonyl (C=O) groups is 1. The van der Waals surface area contributed by atoms with Gasteiger partial charge >= 0.3 is 0 Å².